The predicted molar refractivity (Wildman–Crippen MR) is 261 cm³/mol. The number of furan rings is 1. The lowest BCUT2D eigenvalue weighted by atomic mass is 9.44. The van der Waals surface area contributed by atoms with Crippen molar-refractivity contribution in [3.05, 3.63) is 173 Å². The summed E-state index contributed by atoms with van der Waals surface area (Å²) in [6.45, 7) is 16.4. The number of benzene rings is 8. The minimum Gasteiger partial charge on any atom is -0.456 e. The van der Waals surface area contributed by atoms with Crippen LogP contribution >= 0.6 is 0 Å². The van der Waals surface area contributed by atoms with Gasteiger partial charge in [-0.15, -0.1) is 0 Å². The Balaban J connectivity index is 1.15. The van der Waals surface area contributed by atoms with E-state index < -0.39 is 0 Å². The van der Waals surface area contributed by atoms with Crippen molar-refractivity contribution in [3.63, 3.8) is 0 Å². The molecule has 0 spiro atoms. The Labute approximate surface area is 362 Å². The number of rotatable bonds is 1. The second-order valence-corrected chi connectivity index (χ2v) is 20.5. The molecule has 0 saturated carbocycles. The van der Waals surface area contributed by atoms with Crippen LogP contribution in [0, 0.1) is 0 Å². The van der Waals surface area contributed by atoms with E-state index in [1.807, 2.05) is 0 Å². The van der Waals surface area contributed by atoms with Crippen molar-refractivity contribution >= 4 is 72.9 Å². The summed E-state index contributed by atoms with van der Waals surface area (Å²) in [7, 11) is 0. The summed E-state index contributed by atoms with van der Waals surface area (Å²) in [4.78, 5) is 2.67. The fourth-order valence-electron chi connectivity index (χ4n) is 12.4. The molecule has 14 rings (SSSR count). The Hall–Kier alpha value is -6.78. The largest absolute Gasteiger partial charge is 0.456 e. The van der Waals surface area contributed by atoms with Gasteiger partial charge < -0.3 is 13.8 Å². The molecule has 2 aromatic heterocycles. The highest BCUT2D eigenvalue weighted by molar-refractivity contribution is 6.93. The van der Waals surface area contributed by atoms with Crippen LogP contribution in [0.1, 0.15) is 76.3 Å². The summed E-state index contributed by atoms with van der Waals surface area (Å²) in [6, 6.07) is 55.9. The number of para-hydroxylation sites is 1. The quantitative estimate of drug-likeness (QED) is 0.154. The maximum atomic E-state index is 6.77. The fourth-order valence-corrected chi connectivity index (χ4v) is 12.4. The number of hydrogen-bond donors (Lipinski definition) is 0. The molecule has 296 valence electrons. The average molecular weight is 797 g/mol. The molecule has 3 nitrogen and oxygen atoms in total. The number of nitrogens with zero attached hydrogens (tertiary/aromatic N) is 2. The zero-order valence-corrected chi connectivity index (χ0v) is 36.2. The smallest absolute Gasteiger partial charge is 0.333 e. The molecule has 10 aromatic rings. The topological polar surface area (TPSA) is 21.3 Å². The third-order valence-corrected chi connectivity index (χ3v) is 15.5. The standard InChI is InChI=1S/C58H45BN2O/c1-56(2,3)32-20-22-33(23-21-32)61-50-28-40-35-15-9-12-18-45(35)57(4,5)46(40)27-42(50)37-24-25-38-41-26-39-34-14-8-11-17-44(34)58(6,7)47(39)30-49(41)60-51-29-43-36-16-10-13-19-52(36)62-53(43)31-48(51)59(61)54(37)55(38)60/h8-31H,1-7H3. The maximum Gasteiger partial charge on any atom is 0.333 e. The van der Waals surface area contributed by atoms with Gasteiger partial charge in [0.1, 0.15) is 11.2 Å². The molecule has 0 N–H and O–H groups in total. The first-order valence-corrected chi connectivity index (χ1v) is 22.3. The molecule has 4 aliphatic rings. The van der Waals surface area contributed by atoms with E-state index in [4.69, 9.17) is 4.42 Å². The van der Waals surface area contributed by atoms with Crippen LogP contribution in [-0.4, -0.2) is 11.4 Å². The maximum absolute atomic E-state index is 6.77. The van der Waals surface area contributed by atoms with Crippen molar-refractivity contribution in [3.8, 4) is 39.1 Å². The molecule has 4 heteroatoms. The molecule has 62 heavy (non-hydrogen) atoms. The fraction of sp³-hybridized carbons (Fsp3) is 0.172. The summed E-state index contributed by atoms with van der Waals surface area (Å²) in [5, 5.41) is 4.90. The number of aromatic nitrogens is 1. The highest BCUT2D eigenvalue weighted by Crippen LogP contribution is 2.56. The lowest BCUT2D eigenvalue weighted by Gasteiger charge is -2.42. The van der Waals surface area contributed by atoms with Crippen LogP contribution in [0.4, 0.5) is 11.4 Å². The molecule has 8 aromatic carbocycles. The molecule has 0 radical (unpaired) electrons. The van der Waals surface area contributed by atoms with E-state index in [9.17, 15) is 0 Å². The van der Waals surface area contributed by atoms with Crippen molar-refractivity contribution in [1.29, 1.82) is 0 Å². The van der Waals surface area contributed by atoms with E-state index in [1.165, 1.54) is 111 Å². The van der Waals surface area contributed by atoms with Crippen molar-refractivity contribution in [2.45, 2.75) is 64.7 Å². The van der Waals surface area contributed by atoms with Crippen LogP contribution in [-0.2, 0) is 16.2 Å². The average Bonchev–Trinajstić information content (AvgIpc) is 3.94. The van der Waals surface area contributed by atoms with Crippen molar-refractivity contribution in [2.24, 2.45) is 0 Å². The van der Waals surface area contributed by atoms with E-state index in [1.54, 1.807) is 0 Å². The summed E-state index contributed by atoms with van der Waals surface area (Å²) >= 11 is 0. The van der Waals surface area contributed by atoms with Gasteiger partial charge in [0.15, 0.2) is 0 Å². The van der Waals surface area contributed by atoms with Crippen LogP contribution in [0.15, 0.2) is 150 Å². The molecule has 2 aliphatic heterocycles. The first kappa shape index (κ1) is 34.9. The van der Waals surface area contributed by atoms with E-state index in [0.717, 1.165) is 21.9 Å². The molecule has 0 bridgehead atoms. The first-order chi connectivity index (χ1) is 29.9. The first-order valence-electron chi connectivity index (χ1n) is 22.3. The SMILES string of the molecule is CC(C)(C)c1ccc(N2B3c4cc5oc6ccccc6c5cc4-n4c5cc6c(cc5c5ccc(c3c54)-c3cc4c(cc32)-c2ccccc2C4(C)C)-c2ccccc2C6(C)C)cc1. The molecular weight excluding hydrogens is 751 g/mol. The van der Waals surface area contributed by atoms with Crippen LogP contribution in [0.3, 0.4) is 0 Å². The normalized spacial score (nSPS) is 15.9. The van der Waals surface area contributed by atoms with Gasteiger partial charge in [-0.25, -0.2) is 0 Å². The third-order valence-electron chi connectivity index (χ3n) is 15.5. The molecule has 0 amide bonds. The molecule has 0 saturated heterocycles. The highest BCUT2D eigenvalue weighted by atomic mass is 16.3. The summed E-state index contributed by atoms with van der Waals surface area (Å²) in [5.41, 5.74) is 25.4. The summed E-state index contributed by atoms with van der Waals surface area (Å²) < 4.78 is 9.41. The van der Waals surface area contributed by atoms with Gasteiger partial charge in [0.25, 0.3) is 0 Å². The van der Waals surface area contributed by atoms with Gasteiger partial charge in [-0.05, 0) is 127 Å². The third kappa shape index (κ3) is 4.14. The van der Waals surface area contributed by atoms with Crippen LogP contribution < -0.4 is 15.7 Å². The summed E-state index contributed by atoms with van der Waals surface area (Å²) in [6.07, 6.45) is 0. The molecule has 0 fully saturated rings. The lowest BCUT2D eigenvalue weighted by molar-refractivity contribution is 0.590. The van der Waals surface area contributed by atoms with Gasteiger partial charge >= 0.3 is 6.85 Å². The van der Waals surface area contributed by atoms with E-state index >= 15 is 0 Å². The second kappa shape index (κ2) is 11.2. The highest BCUT2D eigenvalue weighted by Gasteiger charge is 2.47. The van der Waals surface area contributed by atoms with E-state index in [0.29, 0.717) is 0 Å². The summed E-state index contributed by atoms with van der Waals surface area (Å²) in [5.74, 6) is 0. The molecule has 0 unspecified atom stereocenters. The molecular formula is C58H45BN2O. The molecule has 2 aliphatic carbocycles. The molecule has 0 atom stereocenters. The molecule has 4 heterocycles. The van der Waals surface area contributed by atoms with E-state index in [2.05, 4.69) is 203 Å². The van der Waals surface area contributed by atoms with Gasteiger partial charge in [-0.3, -0.25) is 0 Å². The number of fused-ring (bicyclic) bond motifs is 17. The van der Waals surface area contributed by atoms with Crippen molar-refractivity contribution in [2.75, 3.05) is 4.81 Å². The Morgan fingerprint density at radius 2 is 1.15 bits per heavy atom. The minimum atomic E-state index is -0.129. The van der Waals surface area contributed by atoms with Gasteiger partial charge in [0.2, 0.25) is 0 Å². The van der Waals surface area contributed by atoms with Crippen molar-refractivity contribution < 1.29 is 4.42 Å². The van der Waals surface area contributed by atoms with Gasteiger partial charge in [0.05, 0.1) is 11.0 Å². The Bertz CT molecular complexity index is 3680. The lowest BCUT2D eigenvalue weighted by Crippen LogP contribution is -2.60. The Kier molecular flexibility index (Phi) is 6.29. The number of anilines is 2. The van der Waals surface area contributed by atoms with Crippen molar-refractivity contribution in [1.82, 2.24) is 4.57 Å². The van der Waals surface area contributed by atoms with Crippen LogP contribution in [0.25, 0.3) is 82.8 Å². The zero-order valence-electron chi connectivity index (χ0n) is 36.2. The Morgan fingerprint density at radius 3 is 1.87 bits per heavy atom. The van der Waals surface area contributed by atoms with Gasteiger partial charge in [0, 0.05) is 55.0 Å². The number of hydrogen-bond acceptors (Lipinski definition) is 2. The van der Waals surface area contributed by atoms with Crippen LogP contribution in [0.2, 0.25) is 0 Å². The monoisotopic (exact) mass is 796 g/mol. The van der Waals surface area contributed by atoms with E-state index in [-0.39, 0.29) is 23.1 Å². The predicted octanol–water partition coefficient (Wildman–Crippen LogP) is 13.8. The Morgan fingerprint density at radius 1 is 0.484 bits per heavy atom. The minimum absolute atomic E-state index is 0.0356. The van der Waals surface area contributed by atoms with Gasteiger partial charge in [-0.1, -0.05) is 139 Å². The van der Waals surface area contributed by atoms with Gasteiger partial charge in [-0.2, -0.15) is 0 Å². The van der Waals surface area contributed by atoms with Crippen LogP contribution in [0.5, 0.6) is 0 Å². The zero-order chi connectivity index (χ0) is 41.8. The second-order valence-electron chi connectivity index (χ2n) is 20.5.